The number of hydrogen-bond acceptors (Lipinski definition) is 2. The first-order valence-corrected chi connectivity index (χ1v) is 4.56. The highest BCUT2D eigenvalue weighted by Gasteiger charge is 2.40. The topological polar surface area (TPSA) is 31.2 Å². The molecule has 1 unspecified atom stereocenters. The summed E-state index contributed by atoms with van der Waals surface area (Å²) in [6, 6.07) is 6.31. The van der Waals surface area contributed by atoms with Gasteiger partial charge >= 0.3 is 0 Å². The van der Waals surface area contributed by atoms with Gasteiger partial charge in [0.25, 0.3) is 0 Å². The number of methoxy groups -OCH3 is 1. The van der Waals surface area contributed by atoms with Gasteiger partial charge in [0.2, 0.25) is 0 Å². The lowest BCUT2D eigenvalue weighted by Crippen LogP contribution is -2.09. The molecule has 2 heteroatoms. The molecular weight excluding hydrogens is 162 g/mol. The van der Waals surface area contributed by atoms with Crippen molar-refractivity contribution in [2.24, 2.45) is 0 Å². The SMILES string of the molecule is COc1ccc(C)cc1C1(C)CN1. The Morgan fingerprint density at radius 2 is 2.15 bits per heavy atom. The lowest BCUT2D eigenvalue weighted by molar-refractivity contribution is 0.405. The average Bonchev–Trinajstić information content (AvgIpc) is 2.85. The molecule has 0 aliphatic carbocycles. The third kappa shape index (κ3) is 1.42. The van der Waals surface area contributed by atoms with E-state index in [4.69, 9.17) is 4.74 Å². The summed E-state index contributed by atoms with van der Waals surface area (Å²) < 4.78 is 5.33. The smallest absolute Gasteiger partial charge is 0.123 e. The first-order chi connectivity index (χ1) is 6.15. The van der Waals surface area contributed by atoms with E-state index < -0.39 is 0 Å². The number of hydrogen-bond donors (Lipinski definition) is 1. The summed E-state index contributed by atoms with van der Waals surface area (Å²) in [4.78, 5) is 0. The molecular formula is C11H15NO. The van der Waals surface area contributed by atoms with Crippen LogP contribution >= 0.6 is 0 Å². The number of ether oxygens (including phenoxy) is 1. The third-order valence-electron chi connectivity index (χ3n) is 2.66. The molecule has 2 rings (SSSR count). The zero-order chi connectivity index (χ0) is 9.47. The summed E-state index contributed by atoms with van der Waals surface area (Å²) in [7, 11) is 1.72. The van der Waals surface area contributed by atoms with Gasteiger partial charge in [-0.25, -0.2) is 0 Å². The fraction of sp³-hybridized carbons (Fsp3) is 0.455. The second kappa shape index (κ2) is 2.74. The van der Waals surface area contributed by atoms with E-state index in [1.807, 2.05) is 6.07 Å². The van der Waals surface area contributed by atoms with Gasteiger partial charge in [0.15, 0.2) is 0 Å². The first kappa shape index (κ1) is 8.57. The van der Waals surface area contributed by atoms with Crippen molar-refractivity contribution < 1.29 is 4.74 Å². The maximum absolute atomic E-state index is 5.33. The summed E-state index contributed by atoms with van der Waals surface area (Å²) in [5.41, 5.74) is 2.71. The van der Waals surface area contributed by atoms with Crippen LogP contribution in [0, 0.1) is 6.92 Å². The van der Waals surface area contributed by atoms with Gasteiger partial charge in [-0.1, -0.05) is 17.7 Å². The number of nitrogens with one attached hydrogen (secondary N) is 1. The monoisotopic (exact) mass is 177 g/mol. The molecule has 1 aromatic carbocycles. The van der Waals surface area contributed by atoms with Crippen LogP contribution in [-0.2, 0) is 5.54 Å². The Hall–Kier alpha value is -1.02. The zero-order valence-electron chi connectivity index (χ0n) is 8.35. The highest BCUT2D eigenvalue weighted by Crippen LogP contribution is 2.36. The lowest BCUT2D eigenvalue weighted by atomic mass is 9.98. The number of aryl methyl sites for hydroxylation is 1. The van der Waals surface area contributed by atoms with Gasteiger partial charge in [-0.05, 0) is 19.9 Å². The Kier molecular flexibility index (Phi) is 1.81. The summed E-state index contributed by atoms with van der Waals surface area (Å²) in [5, 5.41) is 3.35. The molecule has 1 N–H and O–H groups in total. The van der Waals surface area contributed by atoms with Crippen LogP contribution in [-0.4, -0.2) is 13.7 Å². The van der Waals surface area contributed by atoms with Gasteiger partial charge in [0.05, 0.1) is 12.6 Å². The fourth-order valence-corrected chi connectivity index (χ4v) is 1.58. The van der Waals surface area contributed by atoms with Crippen LogP contribution in [0.5, 0.6) is 5.75 Å². The maximum atomic E-state index is 5.33. The Balaban J connectivity index is 2.47. The minimum atomic E-state index is 0.150. The molecule has 1 aliphatic heterocycles. The normalized spacial score (nSPS) is 25.8. The lowest BCUT2D eigenvalue weighted by Gasteiger charge is -2.13. The Bertz CT molecular complexity index is 329. The van der Waals surface area contributed by atoms with Crippen molar-refractivity contribution in [1.29, 1.82) is 0 Å². The summed E-state index contributed by atoms with van der Waals surface area (Å²) in [6.07, 6.45) is 0. The molecule has 0 bridgehead atoms. The number of rotatable bonds is 2. The molecule has 1 aliphatic rings. The Labute approximate surface area is 78.9 Å². The minimum Gasteiger partial charge on any atom is -0.496 e. The van der Waals surface area contributed by atoms with E-state index in [0.29, 0.717) is 0 Å². The van der Waals surface area contributed by atoms with Crippen LogP contribution in [0.25, 0.3) is 0 Å². The van der Waals surface area contributed by atoms with Gasteiger partial charge in [-0.3, -0.25) is 0 Å². The zero-order valence-corrected chi connectivity index (χ0v) is 8.35. The molecule has 0 amide bonds. The average molecular weight is 177 g/mol. The summed E-state index contributed by atoms with van der Waals surface area (Å²) in [5.74, 6) is 0.984. The second-order valence-corrected chi connectivity index (χ2v) is 3.89. The minimum absolute atomic E-state index is 0.150. The van der Waals surface area contributed by atoms with Crippen LogP contribution in [0.1, 0.15) is 18.1 Å². The van der Waals surface area contributed by atoms with Crippen molar-refractivity contribution >= 4 is 0 Å². The summed E-state index contributed by atoms with van der Waals surface area (Å²) in [6.45, 7) is 5.35. The molecule has 0 saturated carbocycles. The van der Waals surface area contributed by atoms with Gasteiger partial charge in [-0.2, -0.15) is 0 Å². The van der Waals surface area contributed by atoms with E-state index in [1.54, 1.807) is 7.11 Å². The van der Waals surface area contributed by atoms with Crippen molar-refractivity contribution in [3.05, 3.63) is 29.3 Å². The van der Waals surface area contributed by atoms with E-state index in [2.05, 4.69) is 31.3 Å². The molecule has 1 aromatic rings. The maximum Gasteiger partial charge on any atom is 0.123 e. The molecule has 1 saturated heterocycles. The van der Waals surface area contributed by atoms with Gasteiger partial charge < -0.3 is 10.1 Å². The van der Waals surface area contributed by atoms with E-state index in [9.17, 15) is 0 Å². The van der Waals surface area contributed by atoms with Crippen molar-refractivity contribution in [2.75, 3.05) is 13.7 Å². The highest BCUT2D eigenvalue weighted by atomic mass is 16.5. The van der Waals surface area contributed by atoms with Gasteiger partial charge in [-0.15, -0.1) is 0 Å². The molecule has 13 heavy (non-hydrogen) atoms. The van der Waals surface area contributed by atoms with Crippen LogP contribution in [0.2, 0.25) is 0 Å². The molecule has 1 heterocycles. The van der Waals surface area contributed by atoms with Crippen LogP contribution in [0.4, 0.5) is 0 Å². The van der Waals surface area contributed by atoms with E-state index in [-0.39, 0.29) is 5.54 Å². The standard InChI is InChI=1S/C11H15NO/c1-8-4-5-10(13-3)9(6-8)11(2)7-12-11/h4-6,12H,7H2,1-3H3. The predicted molar refractivity (Wildman–Crippen MR) is 53.1 cm³/mol. The largest absolute Gasteiger partial charge is 0.496 e. The van der Waals surface area contributed by atoms with Crippen LogP contribution in [0.15, 0.2) is 18.2 Å². The second-order valence-electron chi connectivity index (χ2n) is 3.89. The molecule has 2 nitrogen and oxygen atoms in total. The molecule has 0 spiro atoms. The van der Waals surface area contributed by atoms with Crippen LogP contribution < -0.4 is 10.1 Å². The van der Waals surface area contributed by atoms with Crippen molar-refractivity contribution in [1.82, 2.24) is 5.32 Å². The molecule has 0 radical (unpaired) electrons. The van der Waals surface area contributed by atoms with Crippen LogP contribution in [0.3, 0.4) is 0 Å². The highest BCUT2D eigenvalue weighted by molar-refractivity contribution is 5.44. The van der Waals surface area contributed by atoms with Crippen molar-refractivity contribution in [2.45, 2.75) is 19.4 Å². The molecule has 1 atom stereocenters. The Morgan fingerprint density at radius 3 is 2.69 bits per heavy atom. The first-order valence-electron chi connectivity index (χ1n) is 4.56. The van der Waals surface area contributed by atoms with Crippen molar-refractivity contribution in [3.8, 4) is 5.75 Å². The summed E-state index contributed by atoms with van der Waals surface area (Å²) >= 11 is 0. The van der Waals surface area contributed by atoms with Gasteiger partial charge in [0.1, 0.15) is 5.75 Å². The van der Waals surface area contributed by atoms with E-state index in [0.717, 1.165) is 12.3 Å². The van der Waals surface area contributed by atoms with Gasteiger partial charge in [0, 0.05) is 12.1 Å². The van der Waals surface area contributed by atoms with Crippen molar-refractivity contribution in [3.63, 3.8) is 0 Å². The Morgan fingerprint density at radius 1 is 1.46 bits per heavy atom. The third-order valence-corrected chi connectivity index (χ3v) is 2.66. The van der Waals surface area contributed by atoms with E-state index >= 15 is 0 Å². The number of benzene rings is 1. The quantitative estimate of drug-likeness (QED) is 0.699. The predicted octanol–water partition coefficient (Wildman–Crippen LogP) is 1.82. The molecule has 1 fully saturated rings. The fourth-order valence-electron chi connectivity index (χ4n) is 1.58. The molecule has 0 aromatic heterocycles. The molecule has 70 valence electrons. The van der Waals surface area contributed by atoms with E-state index in [1.165, 1.54) is 11.1 Å².